The van der Waals surface area contributed by atoms with Gasteiger partial charge in [0.05, 0.1) is 0 Å². The molecule has 168 valence electrons. The molecule has 3 rings (SSSR count). The van der Waals surface area contributed by atoms with Crippen molar-refractivity contribution in [2.75, 3.05) is 6.61 Å². The molecule has 8 heteroatoms. The first kappa shape index (κ1) is 24.0. The molecular weight excluding hydrogens is 451 g/mol. The zero-order valence-electron chi connectivity index (χ0n) is 18.0. The Balaban J connectivity index is 2.25. The van der Waals surface area contributed by atoms with E-state index < -0.39 is 17.7 Å². The molecule has 3 aromatic rings. The maximum Gasteiger partial charge on any atom is 0.348 e. The molecule has 0 radical (unpaired) electrons. The quantitative estimate of drug-likeness (QED) is 0.434. The van der Waals surface area contributed by atoms with Gasteiger partial charge in [-0.2, -0.15) is 0 Å². The van der Waals surface area contributed by atoms with Gasteiger partial charge in [0, 0.05) is 28.0 Å². The van der Waals surface area contributed by atoms with Crippen molar-refractivity contribution in [1.82, 2.24) is 9.97 Å². The Morgan fingerprint density at radius 2 is 1.44 bits per heavy atom. The molecule has 1 heterocycles. The number of ether oxygens (including phenoxy) is 2. The second kappa shape index (κ2) is 10.3. The van der Waals surface area contributed by atoms with E-state index in [2.05, 4.69) is 9.97 Å². The van der Waals surface area contributed by atoms with Crippen LogP contribution in [0.15, 0.2) is 54.6 Å². The van der Waals surface area contributed by atoms with Gasteiger partial charge in [0.2, 0.25) is 6.10 Å². The zero-order chi connectivity index (χ0) is 23.3. The maximum atomic E-state index is 12.7. The molecule has 1 N–H and O–H groups in total. The molecule has 0 aliphatic heterocycles. The van der Waals surface area contributed by atoms with Gasteiger partial charge in [0.25, 0.3) is 0 Å². The minimum Gasteiger partial charge on any atom is -0.478 e. The van der Waals surface area contributed by atoms with Gasteiger partial charge in [-0.25, -0.2) is 14.8 Å². The van der Waals surface area contributed by atoms with Crippen molar-refractivity contribution < 1.29 is 19.4 Å². The number of nitrogens with zero attached hydrogens (tertiary/aromatic N) is 2. The predicted octanol–water partition coefficient (Wildman–Crippen LogP) is 5.60. The third-order valence-electron chi connectivity index (χ3n) is 4.86. The fourth-order valence-corrected chi connectivity index (χ4v) is 3.78. The maximum absolute atomic E-state index is 12.7. The van der Waals surface area contributed by atoms with Crippen LogP contribution in [0.3, 0.4) is 0 Å². The van der Waals surface area contributed by atoms with Gasteiger partial charge < -0.3 is 14.6 Å². The molecule has 0 fully saturated rings. The van der Waals surface area contributed by atoms with Crippen molar-refractivity contribution in [1.29, 1.82) is 0 Å². The van der Waals surface area contributed by atoms with E-state index in [1.165, 1.54) is 0 Å². The first-order chi connectivity index (χ1) is 15.3. The van der Waals surface area contributed by atoms with Crippen molar-refractivity contribution in [3.63, 3.8) is 0 Å². The summed E-state index contributed by atoms with van der Waals surface area (Å²) in [6, 6.07) is 15.4. The van der Waals surface area contributed by atoms with E-state index in [-0.39, 0.29) is 12.6 Å². The number of hydrogen-bond acceptors (Lipinski definition) is 5. The number of aromatic nitrogens is 2. The van der Waals surface area contributed by atoms with Crippen LogP contribution >= 0.6 is 23.2 Å². The van der Waals surface area contributed by atoms with Crippen LogP contribution in [0.1, 0.15) is 35.9 Å². The number of aliphatic carboxylic acids is 1. The number of benzene rings is 2. The summed E-state index contributed by atoms with van der Waals surface area (Å²) in [5.74, 6) is -1.23. The van der Waals surface area contributed by atoms with Crippen molar-refractivity contribution in [3.05, 3.63) is 87.2 Å². The molecule has 0 amide bonds. The van der Waals surface area contributed by atoms with Crippen LogP contribution in [0.2, 0.25) is 10.0 Å². The Morgan fingerprint density at radius 3 is 1.84 bits per heavy atom. The average Bonchev–Trinajstić information content (AvgIpc) is 2.74. The molecule has 32 heavy (non-hydrogen) atoms. The number of halogens is 2. The lowest BCUT2D eigenvalue weighted by Crippen LogP contribution is -2.51. The van der Waals surface area contributed by atoms with Gasteiger partial charge in [-0.05, 0) is 61.7 Å². The van der Waals surface area contributed by atoms with Crippen molar-refractivity contribution in [2.24, 2.45) is 0 Å². The number of carbonyl (C=O) groups is 1. The second-order valence-corrected chi connectivity index (χ2v) is 8.24. The monoisotopic (exact) mass is 474 g/mol. The third-order valence-corrected chi connectivity index (χ3v) is 5.36. The Hall–Kier alpha value is -2.67. The summed E-state index contributed by atoms with van der Waals surface area (Å²) < 4.78 is 12.3. The van der Waals surface area contributed by atoms with E-state index in [1.807, 2.05) is 6.92 Å². The topological polar surface area (TPSA) is 81.5 Å². The highest BCUT2D eigenvalue weighted by molar-refractivity contribution is 6.30. The fourth-order valence-electron chi connectivity index (χ4n) is 3.53. The Bertz CT molecular complexity index is 1010. The Kier molecular flexibility index (Phi) is 7.72. The van der Waals surface area contributed by atoms with E-state index in [1.54, 1.807) is 68.4 Å². The van der Waals surface area contributed by atoms with Crippen LogP contribution in [0.25, 0.3) is 0 Å². The molecule has 2 aromatic carbocycles. The third kappa shape index (κ3) is 5.21. The minimum absolute atomic E-state index is 0.0395. The average molecular weight is 475 g/mol. The summed E-state index contributed by atoms with van der Waals surface area (Å²) in [4.78, 5) is 21.2. The lowest BCUT2D eigenvalue weighted by atomic mass is 9.81. The second-order valence-electron chi connectivity index (χ2n) is 7.37. The summed E-state index contributed by atoms with van der Waals surface area (Å²) in [6.07, 6.45) is -0.840. The van der Waals surface area contributed by atoms with E-state index in [9.17, 15) is 9.90 Å². The van der Waals surface area contributed by atoms with Crippen LogP contribution in [0.4, 0.5) is 0 Å². The van der Waals surface area contributed by atoms with Crippen LogP contribution in [0.5, 0.6) is 6.01 Å². The minimum atomic E-state index is -1.52. The van der Waals surface area contributed by atoms with Gasteiger partial charge in [0.1, 0.15) is 0 Å². The number of aryl methyl sites for hydroxylation is 2. The highest BCUT2D eigenvalue weighted by Crippen LogP contribution is 2.40. The molecule has 0 aliphatic carbocycles. The standard InChI is InChI=1S/C24H24Cl2N2O4/c1-4-13-31-24(17-5-9-19(25)10-6-17,18-7-11-20(26)12-8-18)21(22(29)30)32-23-27-15(2)14-16(3)28-23/h5-12,14,21H,4,13H2,1-3H3,(H,29,30). The first-order valence-corrected chi connectivity index (χ1v) is 10.9. The normalized spacial score (nSPS) is 12.4. The first-order valence-electron chi connectivity index (χ1n) is 10.1. The molecule has 1 aromatic heterocycles. The summed E-state index contributed by atoms with van der Waals surface area (Å²) in [5, 5.41) is 11.4. The number of rotatable bonds is 9. The molecule has 0 bridgehead atoms. The van der Waals surface area contributed by atoms with Gasteiger partial charge in [-0.1, -0.05) is 54.4 Å². The van der Waals surface area contributed by atoms with Gasteiger partial charge in [-0.3, -0.25) is 0 Å². The number of carboxylic acids is 1. The molecule has 0 saturated carbocycles. The Morgan fingerprint density at radius 1 is 0.969 bits per heavy atom. The van der Waals surface area contributed by atoms with Gasteiger partial charge in [0.15, 0.2) is 5.60 Å². The lowest BCUT2D eigenvalue weighted by Gasteiger charge is -2.39. The van der Waals surface area contributed by atoms with E-state index >= 15 is 0 Å². The summed E-state index contributed by atoms with van der Waals surface area (Å²) in [5.41, 5.74) is 0.936. The van der Waals surface area contributed by atoms with E-state index in [0.717, 1.165) is 0 Å². The molecular formula is C24H24Cl2N2O4. The molecule has 1 unspecified atom stereocenters. The lowest BCUT2D eigenvalue weighted by molar-refractivity contribution is -0.164. The van der Waals surface area contributed by atoms with Crippen LogP contribution < -0.4 is 4.74 Å². The highest BCUT2D eigenvalue weighted by Gasteiger charge is 2.50. The fraction of sp³-hybridized carbons (Fsp3) is 0.292. The summed E-state index contributed by atoms with van der Waals surface area (Å²) in [7, 11) is 0. The summed E-state index contributed by atoms with van der Waals surface area (Å²) in [6.45, 7) is 5.80. The molecule has 0 spiro atoms. The largest absolute Gasteiger partial charge is 0.478 e. The van der Waals surface area contributed by atoms with Crippen molar-refractivity contribution in [3.8, 4) is 6.01 Å². The van der Waals surface area contributed by atoms with Crippen LogP contribution in [0, 0.1) is 13.8 Å². The van der Waals surface area contributed by atoms with Crippen LogP contribution in [-0.2, 0) is 15.1 Å². The number of carboxylic acid groups (broad SMARTS) is 1. The molecule has 0 aliphatic rings. The van der Waals surface area contributed by atoms with Gasteiger partial charge in [-0.15, -0.1) is 0 Å². The zero-order valence-corrected chi connectivity index (χ0v) is 19.5. The van der Waals surface area contributed by atoms with Gasteiger partial charge >= 0.3 is 12.0 Å². The van der Waals surface area contributed by atoms with Crippen LogP contribution in [-0.4, -0.2) is 33.8 Å². The smallest absolute Gasteiger partial charge is 0.348 e. The molecule has 0 saturated heterocycles. The van der Waals surface area contributed by atoms with E-state index in [4.69, 9.17) is 32.7 Å². The summed E-state index contributed by atoms with van der Waals surface area (Å²) >= 11 is 12.2. The predicted molar refractivity (Wildman–Crippen MR) is 123 cm³/mol. The van der Waals surface area contributed by atoms with Crippen molar-refractivity contribution >= 4 is 29.2 Å². The number of hydrogen-bond donors (Lipinski definition) is 1. The SMILES string of the molecule is CCCOC(c1ccc(Cl)cc1)(c1ccc(Cl)cc1)C(Oc1nc(C)cc(C)n1)C(=O)O. The Labute approximate surface area is 197 Å². The van der Waals surface area contributed by atoms with Crippen molar-refractivity contribution in [2.45, 2.75) is 38.9 Å². The highest BCUT2D eigenvalue weighted by atomic mass is 35.5. The molecule has 6 nitrogen and oxygen atoms in total. The molecule has 1 atom stereocenters. The van der Waals surface area contributed by atoms with E-state index in [0.29, 0.717) is 39.0 Å².